The van der Waals surface area contributed by atoms with Gasteiger partial charge >= 0.3 is 0 Å². The molecule has 1 saturated heterocycles. The third-order valence-electron chi connectivity index (χ3n) is 4.48. The number of aryl methyl sites for hydroxylation is 2. The van der Waals surface area contributed by atoms with Crippen LogP contribution in [0, 0.1) is 13.8 Å². The number of amides is 1. The molecule has 1 aliphatic rings. The Hall–Kier alpha value is -2.51. The van der Waals surface area contributed by atoms with Gasteiger partial charge in [0.2, 0.25) is 5.75 Å². The van der Waals surface area contributed by atoms with Crippen LogP contribution >= 0.6 is 24.0 Å². The molecule has 0 atom stereocenters. The topological polar surface area (TPSA) is 48.0 Å². The molecule has 3 rings (SSSR count). The van der Waals surface area contributed by atoms with Gasteiger partial charge in [-0.3, -0.25) is 9.69 Å². The summed E-state index contributed by atoms with van der Waals surface area (Å²) in [6, 6.07) is 9.52. The van der Waals surface area contributed by atoms with Crippen LogP contribution in [0.25, 0.3) is 6.08 Å². The first-order valence-corrected chi connectivity index (χ1v) is 9.78. The first-order chi connectivity index (χ1) is 13.4. The van der Waals surface area contributed by atoms with E-state index in [-0.39, 0.29) is 5.91 Å². The van der Waals surface area contributed by atoms with Crippen molar-refractivity contribution in [1.82, 2.24) is 0 Å². The van der Waals surface area contributed by atoms with Crippen molar-refractivity contribution in [3.63, 3.8) is 0 Å². The second-order valence-corrected chi connectivity index (χ2v) is 7.86. The van der Waals surface area contributed by atoms with Crippen LogP contribution in [0.2, 0.25) is 0 Å². The number of rotatable bonds is 5. The highest BCUT2D eigenvalue weighted by Gasteiger charge is 2.35. The van der Waals surface area contributed by atoms with Crippen molar-refractivity contribution in [2.75, 3.05) is 26.2 Å². The zero-order valence-corrected chi connectivity index (χ0v) is 18.0. The fourth-order valence-electron chi connectivity index (χ4n) is 3.20. The molecule has 0 aromatic heterocycles. The molecule has 7 heteroatoms. The van der Waals surface area contributed by atoms with Gasteiger partial charge in [0.1, 0.15) is 0 Å². The van der Waals surface area contributed by atoms with E-state index in [0.717, 1.165) is 16.8 Å². The molecule has 0 saturated carbocycles. The number of methoxy groups -OCH3 is 3. The number of hydrogen-bond donors (Lipinski definition) is 0. The number of thiocarbonyl (C=S) groups is 1. The Kier molecular flexibility index (Phi) is 5.96. The van der Waals surface area contributed by atoms with Gasteiger partial charge in [-0.05, 0) is 43.2 Å². The Morgan fingerprint density at radius 2 is 1.61 bits per heavy atom. The van der Waals surface area contributed by atoms with Gasteiger partial charge in [0.05, 0.1) is 31.9 Å². The lowest BCUT2D eigenvalue weighted by molar-refractivity contribution is -0.113. The number of anilines is 1. The highest BCUT2D eigenvalue weighted by molar-refractivity contribution is 8.27. The van der Waals surface area contributed by atoms with Crippen LogP contribution in [0.3, 0.4) is 0 Å². The third kappa shape index (κ3) is 3.47. The van der Waals surface area contributed by atoms with Gasteiger partial charge in [-0.2, -0.15) is 0 Å². The molecule has 0 unspecified atom stereocenters. The Bertz CT molecular complexity index is 964. The van der Waals surface area contributed by atoms with E-state index in [1.807, 2.05) is 38.1 Å². The van der Waals surface area contributed by atoms with E-state index in [1.165, 1.54) is 11.8 Å². The van der Waals surface area contributed by atoms with Crippen LogP contribution in [0.4, 0.5) is 5.69 Å². The van der Waals surface area contributed by atoms with Crippen molar-refractivity contribution < 1.29 is 19.0 Å². The molecule has 0 aliphatic carbocycles. The molecule has 1 amide bonds. The molecule has 1 heterocycles. The van der Waals surface area contributed by atoms with Crippen LogP contribution < -0.4 is 19.1 Å². The fraction of sp³-hybridized carbons (Fsp3) is 0.238. The van der Waals surface area contributed by atoms with Gasteiger partial charge in [0.25, 0.3) is 5.91 Å². The standard InChI is InChI=1S/C21H21NO4S2/c1-12-7-6-8-13(2)17(12)22-20(23)16(28-21(22)27)11-14-9-10-15(24-3)19(26-5)18(14)25-4/h6-11H,1-5H3/b16-11-. The SMILES string of the molecule is COc1ccc(/C=C2\SC(=S)N(c3c(C)cccc3C)C2=O)c(OC)c1OC. The van der Waals surface area contributed by atoms with Gasteiger partial charge in [-0.15, -0.1) is 0 Å². The molecular weight excluding hydrogens is 394 g/mol. The van der Waals surface area contributed by atoms with Crippen LogP contribution in [0.15, 0.2) is 35.2 Å². The second kappa shape index (κ2) is 8.24. The number of ether oxygens (including phenoxy) is 3. The molecule has 0 N–H and O–H groups in total. The van der Waals surface area contributed by atoms with Crippen molar-refractivity contribution in [2.24, 2.45) is 0 Å². The Morgan fingerprint density at radius 1 is 0.964 bits per heavy atom. The number of para-hydroxylation sites is 1. The lowest BCUT2D eigenvalue weighted by atomic mass is 10.1. The molecule has 1 aliphatic heterocycles. The summed E-state index contributed by atoms with van der Waals surface area (Å²) < 4.78 is 16.8. The fourth-order valence-corrected chi connectivity index (χ4v) is 4.46. The second-order valence-electron chi connectivity index (χ2n) is 6.18. The van der Waals surface area contributed by atoms with Crippen molar-refractivity contribution >= 4 is 46.0 Å². The van der Waals surface area contributed by atoms with E-state index in [4.69, 9.17) is 26.4 Å². The molecule has 28 heavy (non-hydrogen) atoms. The molecule has 0 spiro atoms. The molecular formula is C21H21NO4S2. The van der Waals surface area contributed by atoms with E-state index in [0.29, 0.717) is 32.0 Å². The number of hydrogen-bond acceptors (Lipinski definition) is 6. The van der Waals surface area contributed by atoms with Crippen LogP contribution in [0.1, 0.15) is 16.7 Å². The molecule has 5 nitrogen and oxygen atoms in total. The Balaban J connectivity index is 2.06. The normalized spacial score (nSPS) is 15.3. The number of carbonyl (C=O) groups excluding carboxylic acids is 1. The van der Waals surface area contributed by atoms with Gasteiger partial charge in [0.15, 0.2) is 15.8 Å². The zero-order chi connectivity index (χ0) is 20.4. The molecule has 0 bridgehead atoms. The minimum absolute atomic E-state index is 0.149. The van der Waals surface area contributed by atoms with E-state index in [9.17, 15) is 4.79 Å². The highest BCUT2D eigenvalue weighted by atomic mass is 32.2. The minimum Gasteiger partial charge on any atom is -0.493 e. The largest absolute Gasteiger partial charge is 0.493 e. The zero-order valence-electron chi connectivity index (χ0n) is 16.4. The summed E-state index contributed by atoms with van der Waals surface area (Å²) in [5.74, 6) is 1.38. The Labute approximate surface area is 174 Å². The van der Waals surface area contributed by atoms with Crippen molar-refractivity contribution in [2.45, 2.75) is 13.8 Å². The predicted octanol–water partition coefficient (Wildman–Crippen LogP) is 4.74. The summed E-state index contributed by atoms with van der Waals surface area (Å²) in [5.41, 5.74) is 3.55. The van der Waals surface area contributed by atoms with Gasteiger partial charge in [-0.1, -0.05) is 42.2 Å². The first-order valence-electron chi connectivity index (χ1n) is 8.56. The number of thioether (sulfide) groups is 1. The van der Waals surface area contributed by atoms with Crippen LogP contribution in [0.5, 0.6) is 17.2 Å². The first kappa shape index (κ1) is 20.2. The quantitative estimate of drug-likeness (QED) is 0.520. The maximum atomic E-state index is 13.2. The van der Waals surface area contributed by atoms with E-state index < -0.39 is 0 Å². The summed E-state index contributed by atoms with van der Waals surface area (Å²) in [6.07, 6.45) is 1.77. The predicted molar refractivity (Wildman–Crippen MR) is 118 cm³/mol. The van der Waals surface area contributed by atoms with Gasteiger partial charge in [0, 0.05) is 5.56 Å². The van der Waals surface area contributed by atoms with Crippen molar-refractivity contribution in [3.05, 3.63) is 51.9 Å². The van der Waals surface area contributed by atoms with Crippen molar-refractivity contribution in [3.8, 4) is 17.2 Å². The van der Waals surface area contributed by atoms with E-state index in [1.54, 1.807) is 38.4 Å². The Morgan fingerprint density at radius 3 is 2.18 bits per heavy atom. The van der Waals surface area contributed by atoms with Gasteiger partial charge < -0.3 is 14.2 Å². The molecule has 2 aromatic rings. The van der Waals surface area contributed by atoms with Crippen LogP contribution in [-0.4, -0.2) is 31.6 Å². The molecule has 1 fully saturated rings. The number of benzene rings is 2. The lowest BCUT2D eigenvalue weighted by Gasteiger charge is -2.19. The summed E-state index contributed by atoms with van der Waals surface area (Å²) in [6.45, 7) is 3.95. The van der Waals surface area contributed by atoms with Crippen LogP contribution in [-0.2, 0) is 4.79 Å². The van der Waals surface area contributed by atoms with Gasteiger partial charge in [-0.25, -0.2) is 0 Å². The summed E-state index contributed by atoms with van der Waals surface area (Å²) >= 11 is 6.79. The summed E-state index contributed by atoms with van der Waals surface area (Å²) in [5, 5.41) is 0. The average molecular weight is 416 g/mol. The highest BCUT2D eigenvalue weighted by Crippen LogP contribution is 2.43. The maximum Gasteiger partial charge on any atom is 0.270 e. The molecule has 146 valence electrons. The van der Waals surface area contributed by atoms with E-state index >= 15 is 0 Å². The minimum atomic E-state index is -0.149. The summed E-state index contributed by atoms with van der Waals surface area (Å²) in [4.78, 5) is 15.3. The maximum absolute atomic E-state index is 13.2. The van der Waals surface area contributed by atoms with Crippen molar-refractivity contribution in [1.29, 1.82) is 0 Å². The monoisotopic (exact) mass is 415 g/mol. The number of nitrogens with zero attached hydrogens (tertiary/aromatic N) is 1. The number of carbonyl (C=O) groups is 1. The third-order valence-corrected chi connectivity index (χ3v) is 5.78. The molecule has 2 aromatic carbocycles. The average Bonchev–Trinajstić information content (AvgIpc) is 2.95. The van der Waals surface area contributed by atoms with E-state index in [2.05, 4.69) is 0 Å². The molecule has 0 radical (unpaired) electrons. The summed E-state index contributed by atoms with van der Waals surface area (Å²) in [7, 11) is 4.66. The lowest BCUT2D eigenvalue weighted by Crippen LogP contribution is -2.29. The smallest absolute Gasteiger partial charge is 0.270 e.